The molecule has 4 heteroatoms. The third kappa shape index (κ3) is 3.19. The second-order valence-electron chi connectivity index (χ2n) is 5.49. The van der Waals surface area contributed by atoms with E-state index in [1.165, 1.54) is 25.9 Å². The van der Waals surface area contributed by atoms with E-state index in [0.29, 0.717) is 5.92 Å². The summed E-state index contributed by atoms with van der Waals surface area (Å²) in [6.45, 7) is 7.56. The van der Waals surface area contributed by atoms with Gasteiger partial charge in [0.1, 0.15) is 6.04 Å². The summed E-state index contributed by atoms with van der Waals surface area (Å²) in [5.41, 5.74) is 0. The second kappa shape index (κ2) is 5.83. The molecule has 2 heterocycles. The van der Waals surface area contributed by atoms with Crippen molar-refractivity contribution in [1.82, 2.24) is 9.80 Å². The molecule has 0 aromatic rings. The van der Waals surface area contributed by atoms with Gasteiger partial charge in [-0.2, -0.15) is 0 Å². The summed E-state index contributed by atoms with van der Waals surface area (Å²) in [6.07, 6.45) is 4.80. The van der Waals surface area contributed by atoms with Crippen LogP contribution in [0.5, 0.6) is 0 Å². The topological polar surface area (TPSA) is 43.8 Å². The Kier molecular flexibility index (Phi) is 4.40. The van der Waals surface area contributed by atoms with Crippen molar-refractivity contribution in [3.8, 4) is 0 Å². The van der Waals surface area contributed by atoms with Crippen LogP contribution < -0.4 is 0 Å². The molecule has 0 radical (unpaired) electrons. The standard InChI is InChI=1S/C13H24N2O2/c1-11-5-10-15(12(11)13(16)17)9-4-8-14-6-2-3-7-14/h11-12H,2-10H2,1H3,(H,16,17). The Morgan fingerprint density at radius 2 is 1.94 bits per heavy atom. The van der Waals surface area contributed by atoms with Crippen molar-refractivity contribution in [2.24, 2.45) is 5.92 Å². The Morgan fingerprint density at radius 1 is 1.24 bits per heavy atom. The first kappa shape index (κ1) is 12.8. The number of carboxylic acid groups (broad SMARTS) is 1. The third-order valence-electron chi connectivity index (χ3n) is 4.18. The summed E-state index contributed by atoms with van der Waals surface area (Å²) in [4.78, 5) is 15.8. The van der Waals surface area contributed by atoms with E-state index in [4.69, 9.17) is 0 Å². The van der Waals surface area contributed by atoms with Gasteiger partial charge in [-0.05, 0) is 57.8 Å². The fourth-order valence-corrected chi connectivity index (χ4v) is 3.18. The predicted molar refractivity (Wildman–Crippen MR) is 67.1 cm³/mol. The molecule has 2 aliphatic heterocycles. The minimum atomic E-state index is -0.642. The van der Waals surface area contributed by atoms with E-state index in [1.54, 1.807) is 0 Å². The van der Waals surface area contributed by atoms with E-state index in [-0.39, 0.29) is 6.04 Å². The van der Waals surface area contributed by atoms with Crippen LogP contribution in [-0.4, -0.2) is 59.6 Å². The fraction of sp³-hybridized carbons (Fsp3) is 0.923. The molecule has 0 amide bonds. The smallest absolute Gasteiger partial charge is 0.321 e. The number of carbonyl (C=O) groups is 1. The number of hydrogen-bond donors (Lipinski definition) is 1. The highest BCUT2D eigenvalue weighted by molar-refractivity contribution is 5.74. The Labute approximate surface area is 104 Å². The van der Waals surface area contributed by atoms with Crippen LogP contribution in [0.4, 0.5) is 0 Å². The van der Waals surface area contributed by atoms with Crippen LogP contribution in [0.15, 0.2) is 0 Å². The molecule has 0 saturated carbocycles. The highest BCUT2D eigenvalue weighted by Gasteiger charge is 2.36. The molecular weight excluding hydrogens is 216 g/mol. The maximum Gasteiger partial charge on any atom is 0.321 e. The fourth-order valence-electron chi connectivity index (χ4n) is 3.18. The van der Waals surface area contributed by atoms with Crippen molar-refractivity contribution in [3.63, 3.8) is 0 Å². The lowest BCUT2D eigenvalue weighted by Crippen LogP contribution is -2.40. The summed E-state index contributed by atoms with van der Waals surface area (Å²) in [5.74, 6) is -0.338. The SMILES string of the molecule is CC1CCN(CCCN2CCCC2)C1C(=O)O. The van der Waals surface area contributed by atoms with Gasteiger partial charge in [0.15, 0.2) is 0 Å². The van der Waals surface area contributed by atoms with Gasteiger partial charge in [0, 0.05) is 6.54 Å². The maximum absolute atomic E-state index is 11.2. The lowest BCUT2D eigenvalue weighted by atomic mass is 10.0. The number of hydrogen-bond acceptors (Lipinski definition) is 3. The largest absolute Gasteiger partial charge is 0.480 e. The zero-order chi connectivity index (χ0) is 12.3. The molecule has 0 aliphatic carbocycles. The van der Waals surface area contributed by atoms with Crippen LogP contribution in [0.2, 0.25) is 0 Å². The molecule has 0 bridgehead atoms. The predicted octanol–water partition coefficient (Wildman–Crippen LogP) is 1.27. The summed E-state index contributed by atoms with van der Waals surface area (Å²) in [6, 6.07) is -0.242. The summed E-state index contributed by atoms with van der Waals surface area (Å²) in [7, 11) is 0. The first-order valence-corrected chi connectivity index (χ1v) is 6.87. The van der Waals surface area contributed by atoms with Gasteiger partial charge in [0.2, 0.25) is 0 Å². The molecule has 2 rings (SSSR count). The average molecular weight is 240 g/mol. The van der Waals surface area contributed by atoms with E-state index < -0.39 is 5.97 Å². The zero-order valence-electron chi connectivity index (χ0n) is 10.8. The van der Waals surface area contributed by atoms with Gasteiger partial charge < -0.3 is 10.0 Å². The molecule has 2 unspecified atom stereocenters. The highest BCUT2D eigenvalue weighted by Crippen LogP contribution is 2.24. The molecular formula is C13H24N2O2. The van der Waals surface area contributed by atoms with Gasteiger partial charge >= 0.3 is 5.97 Å². The summed E-state index contributed by atoms with van der Waals surface area (Å²) < 4.78 is 0. The molecule has 2 aliphatic rings. The monoisotopic (exact) mass is 240 g/mol. The molecule has 4 nitrogen and oxygen atoms in total. The normalized spacial score (nSPS) is 31.1. The van der Waals surface area contributed by atoms with Crippen molar-refractivity contribution >= 4 is 5.97 Å². The van der Waals surface area contributed by atoms with Crippen LogP contribution in [0.1, 0.15) is 32.6 Å². The third-order valence-corrected chi connectivity index (χ3v) is 4.18. The number of carboxylic acids is 1. The lowest BCUT2D eigenvalue weighted by Gasteiger charge is -2.24. The average Bonchev–Trinajstić information content (AvgIpc) is 2.88. The van der Waals surface area contributed by atoms with Crippen LogP contribution in [0.25, 0.3) is 0 Å². The van der Waals surface area contributed by atoms with Crippen LogP contribution in [0, 0.1) is 5.92 Å². The maximum atomic E-state index is 11.2. The van der Waals surface area contributed by atoms with E-state index >= 15 is 0 Å². The molecule has 0 aromatic heterocycles. The molecule has 98 valence electrons. The first-order valence-electron chi connectivity index (χ1n) is 6.87. The van der Waals surface area contributed by atoms with Crippen molar-refractivity contribution in [1.29, 1.82) is 0 Å². The van der Waals surface area contributed by atoms with Crippen molar-refractivity contribution in [2.45, 2.75) is 38.6 Å². The molecule has 0 spiro atoms. The van der Waals surface area contributed by atoms with Gasteiger partial charge in [-0.25, -0.2) is 0 Å². The second-order valence-corrected chi connectivity index (χ2v) is 5.49. The number of likely N-dealkylation sites (tertiary alicyclic amines) is 2. The van der Waals surface area contributed by atoms with E-state index in [9.17, 15) is 9.90 Å². The molecule has 2 atom stereocenters. The molecule has 0 aromatic carbocycles. The molecule has 17 heavy (non-hydrogen) atoms. The van der Waals surface area contributed by atoms with Gasteiger partial charge in [0.25, 0.3) is 0 Å². The van der Waals surface area contributed by atoms with Gasteiger partial charge in [-0.1, -0.05) is 6.92 Å². The van der Waals surface area contributed by atoms with Crippen LogP contribution in [0.3, 0.4) is 0 Å². The Bertz CT molecular complexity index is 264. The van der Waals surface area contributed by atoms with E-state index in [0.717, 1.165) is 32.5 Å². The minimum absolute atomic E-state index is 0.242. The zero-order valence-corrected chi connectivity index (χ0v) is 10.8. The Balaban J connectivity index is 1.72. The molecule has 1 N–H and O–H groups in total. The summed E-state index contributed by atoms with van der Waals surface area (Å²) in [5, 5.41) is 9.21. The van der Waals surface area contributed by atoms with Gasteiger partial charge in [0.05, 0.1) is 0 Å². The van der Waals surface area contributed by atoms with Crippen LogP contribution in [-0.2, 0) is 4.79 Å². The van der Waals surface area contributed by atoms with E-state index in [2.05, 4.69) is 16.7 Å². The van der Waals surface area contributed by atoms with Crippen LogP contribution >= 0.6 is 0 Å². The Morgan fingerprint density at radius 3 is 2.59 bits per heavy atom. The number of aliphatic carboxylic acids is 1. The van der Waals surface area contributed by atoms with Gasteiger partial charge in [-0.3, -0.25) is 9.69 Å². The molecule has 2 fully saturated rings. The molecule has 2 saturated heterocycles. The number of nitrogens with zero attached hydrogens (tertiary/aromatic N) is 2. The van der Waals surface area contributed by atoms with Crippen molar-refractivity contribution in [2.75, 3.05) is 32.7 Å². The minimum Gasteiger partial charge on any atom is -0.480 e. The first-order chi connectivity index (χ1) is 8.18. The van der Waals surface area contributed by atoms with Crippen molar-refractivity contribution in [3.05, 3.63) is 0 Å². The quantitative estimate of drug-likeness (QED) is 0.786. The van der Waals surface area contributed by atoms with Gasteiger partial charge in [-0.15, -0.1) is 0 Å². The Hall–Kier alpha value is -0.610. The van der Waals surface area contributed by atoms with Crippen molar-refractivity contribution < 1.29 is 9.90 Å². The number of rotatable bonds is 5. The summed E-state index contributed by atoms with van der Waals surface area (Å²) >= 11 is 0. The highest BCUT2D eigenvalue weighted by atomic mass is 16.4. The lowest BCUT2D eigenvalue weighted by molar-refractivity contribution is -0.143. The van der Waals surface area contributed by atoms with E-state index in [1.807, 2.05) is 0 Å².